The molecule has 0 saturated carbocycles. The minimum absolute atomic E-state index is 0.403. The van der Waals surface area contributed by atoms with Gasteiger partial charge in [0.25, 0.3) is 0 Å². The largest absolute Gasteiger partial charge is 0.289 e. The Morgan fingerprint density at radius 3 is 2.20 bits per heavy atom. The molecule has 0 fully saturated rings. The van der Waals surface area contributed by atoms with Crippen molar-refractivity contribution in [3.8, 4) is 0 Å². The molecule has 30 heavy (non-hydrogen) atoms. The third kappa shape index (κ3) is 10.5. The fourth-order valence-corrected chi connectivity index (χ4v) is 1.86. The SMILES string of the molecule is C=C(C)CC.C=CC(=C)C.CC.Fc1ccc(Cc2ccc3nncn3c2)c(F)c1. The van der Waals surface area contributed by atoms with Crippen LogP contribution in [0.2, 0.25) is 0 Å². The Balaban J connectivity index is 0.000000586. The number of allylic oxidation sites excluding steroid dienone is 3. The summed E-state index contributed by atoms with van der Waals surface area (Å²) in [5, 5.41) is 7.65. The monoisotopic (exact) mass is 413 g/mol. The zero-order valence-electron chi connectivity index (χ0n) is 18.8. The molecular weight excluding hydrogens is 380 g/mol. The van der Waals surface area contributed by atoms with Gasteiger partial charge in [-0.3, -0.25) is 4.40 Å². The van der Waals surface area contributed by atoms with Crippen molar-refractivity contribution in [3.63, 3.8) is 0 Å². The highest BCUT2D eigenvalue weighted by Crippen LogP contribution is 2.15. The average molecular weight is 414 g/mol. The summed E-state index contributed by atoms with van der Waals surface area (Å²) in [4.78, 5) is 0. The molecule has 5 heteroatoms. The predicted molar refractivity (Wildman–Crippen MR) is 124 cm³/mol. The fraction of sp³-hybridized carbons (Fsp3) is 0.280. The summed E-state index contributed by atoms with van der Waals surface area (Å²) in [6.45, 7) is 20.7. The van der Waals surface area contributed by atoms with Crippen molar-refractivity contribution in [1.82, 2.24) is 14.6 Å². The quantitative estimate of drug-likeness (QED) is 0.331. The van der Waals surface area contributed by atoms with E-state index in [1.807, 2.05) is 46.0 Å². The molecule has 162 valence electrons. The summed E-state index contributed by atoms with van der Waals surface area (Å²) >= 11 is 0. The van der Waals surface area contributed by atoms with E-state index in [-0.39, 0.29) is 0 Å². The molecule has 0 saturated heterocycles. The number of benzene rings is 1. The van der Waals surface area contributed by atoms with E-state index in [4.69, 9.17) is 0 Å². The summed E-state index contributed by atoms with van der Waals surface area (Å²) in [5.74, 6) is -1.09. The van der Waals surface area contributed by atoms with Gasteiger partial charge in [-0.25, -0.2) is 8.78 Å². The number of aromatic nitrogens is 3. The molecule has 0 aliphatic rings. The van der Waals surface area contributed by atoms with Crippen LogP contribution in [0.15, 0.2) is 79.8 Å². The molecule has 0 bridgehead atoms. The molecule has 0 unspecified atom stereocenters. The molecule has 0 radical (unpaired) electrons. The van der Waals surface area contributed by atoms with Gasteiger partial charge in [-0.05, 0) is 43.5 Å². The van der Waals surface area contributed by atoms with Crippen molar-refractivity contribution in [1.29, 1.82) is 0 Å². The summed E-state index contributed by atoms with van der Waals surface area (Å²) in [6.07, 6.45) is 6.65. The number of fused-ring (bicyclic) bond motifs is 1. The molecule has 0 atom stereocenters. The highest BCUT2D eigenvalue weighted by molar-refractivity contribution is 5.39. The Hall–Kier alpha value is -3.08. The highest BCUT2D eigenvalue weighted by atomic mass is 19.1. The summed E-state index contributed by atoms with van der Waals surface area (Å²) < 4.78 is 28.1. The van der Waals surface area contributed by atoms with Gasteiger partial charge in [0, 0.05) is 18.7 Å². The Morgan fingerprint density at radius 1 is 1.10 bits per heavy atom. The van der Waals surface area contributed by atoms with Crippen LogP contribution in [0.25, 0.3) is 5.65 Å². The van der Waals surface area contributed by atoms with Crippen LogP contribution in [-0.4, -0.2) is 14.6 Å². The van der Waals surface area contributed by atoms with Crippen LogP contribution in [-0.2, 0) is 6.42 Å². The highest BCUT2D eigenvalue weighted by Gasteiger charge is 2.05. The Kier molecular flexibility index (Phi) is 13.3. The molecule has 0 N–H and O–H groups in total. The van der Waals surface area contributed by atoms with Gasteiger partial charge in [-0.15, -0.1) is 16.8 Å². The van der Waals surface area contributed by atoms with E-state index in [0.717, 1.165) is 29.3 Å². The minimum Gasteiger partial charge on any atom is -0.289 e. The molecule has 0 spiro atoms. The van der Waals surface area contributed by atoms with Crippen molar-refractivity contribution in [2.45, 2.75) is 47.5 Å². The second kappa shape index (κ2) is 14.9. The third-order valence-electron chi connectivity index (χ3n) is 3.71. The first-order chi connectivity index (χ1) is 14.3. The number of hydrogen-bond donors (Lipinski definition) is 0. The fourth-order valence-electron chi connectivity index (χ4n) is 1.86. The molecule has 3 nitrogen and oxygen atoms in total. The second-order valence-electron chi connectivity index (χ2n) is 6.41. The van der Waals surface area contributed by atoms with E-state index in [0.29, 0.717) is 12.0 Å². The lowest BCUT2D eigenvalue weighted by Crippen LogP contribution is -1.95. The van der Waals surface area contributed by atoms with Gasteiger partial charge < -0.3 is 0 Å². The molecule has 3 aromatic rings. The summed E-state index contributed by atoms with van der Waals surface area (Å²) in [7, 11) is 0. The van der Waals surface area contributed by atoms with Crippen LogP contribution in [0.3, 0.4) is 0 Å². The molecule has 2 heterocycles. The van der Waals surface area contributed by atoms with Gasteiger partial charge >= 0.3 is 0 Å². The standard InChI is InChI=1S/C13H9F2N3.C5H10.C5H8.C2H6/c14-11-3-2-10(12(15)6-11)5-9-1-4-13-17-16-8-18(13)7-9;2*1-4-5(2)3;1-2/h1-4,6-8H,5H2;2,4H2,1,3H3;4H,1-2H2,3H3;1-2H3. The van der Waals surface area contributed by atoms with E-state index in [2.05, 4.69) is 36.9 Å². The van der Waals surface area contributed by atoms with Crippen LogP contribution < -0.4 is 0 Å². The van der Waals surface area contributed by atoms with Gasteiger partial charge in [0.05, 0.1) is 0 Å². The lowest BCUT2D eigenvalue weighted by Gasteiger charge is -2.04. The maximum atomic E-state index is 13.5. The van der Waals surface area contributed by atoms with Crippen LogP contribution in [0, 0.1) is 11.6 Å². The molecule has 1 aromatic carbocycles. The van der Waals surface area contributed by atoms with Crippen molar-refractivity contribution in [3.05, 3.63) is 103 Å². The van der Waals surface area contributed by atoms with Crippen molar-refractivity contribution < 1.29 is 8.78 Å². The molecular formula is C25H33F2N3. The van der Waals surface area contributed by atoms with Gasteiger partial charge in [0.1, 0.15) is 18.0 Å². The van der Waals surface area contributed by atoms with Crippen LogP contribution >= 0.6 is 0 Å². The summed E-state index contributed by atoms with van der Waals surface area (Å²) in [5.41, 5.74) is 4.38. The normalized spacial score (nSPS) is 9.17. The van der Waals surface area contributed by atoms with Gasteiger partial charge in [0.15, 0.2) is 5.65 Å². The topological polar surface area (TPSA) is 30.2 Å². The van der Waals surface area contributed by atoms with E-state index < -0.39 is 11.6 Å². The van der Waals surface area contributed by atoms with E-state index in [9.17, 15) is 8.78 Å². The summed E-state index contributed by atoms with van der Waals surface area (Å²) in [6, 6.07) is 7.28. The van der Waals surface area contributed by atoms with E-state index in [1.165, 1.54) is 17.7 Å². The molecule has 0 aliphatic heterocycles. The Morgan fingerprint density at radius 2 is 1.70 bits per heavy atom. The smallest absolute Gasteiger partial charge is 0.160 e. The lowest BCUT2D eigenvalue weighted by atomic mass is 10.1. The zero-order valence-corrected chi connectivity index (χ0v) is 18.8. The second-order valence-corrected chi connectivity index (χ2v) is 6.41. The Bertz CT molecular complexity index is 942. The first-order valence-corrected chi connectivity index (χ1v) is 9.91. The maximum Gasteiger partial charge on any atom is 0.160 e. The van der Waals surface area contributed by atoms with Crippen molar-refractivity contribution >= 4 is 5.65 Å². The lowest BCUT2D eigenvalue weighted by molar-refractivity contribution is 0.574. The average Bonchev–Trinajstić information content (AvgIpc) is 3.20. The Labute approximate surface area is 179 Å². The third-order valence-corrected chi connectivity index (χ3v) is 3.71. The van der Waals surface area contributed by atoms with Crippen LogP contribution in [0.4, 0.5) is 8.78 Å². The number of rotatable bonds is 4. The number of hydrogen-bond acceptors (Lipinski definition) is 2. The van der Waals surface area contributed by atoms with Gasteiger partial charge in [-0.2, -0.15) is 0 Å². The van der Waals surface area contributed by atoms with Gasteiger partial charge in [-0.1, -0.05) is 63.3 Å². The van der Waals surface area contributed by atoms with Crippen molar-refractivity contribution in [2.75, 3.05) is 0 Å². The molecule has 0 amide bonds. The molecule has 2 aromatic heterocycles. The van der Waals surface area contributed by atoms with Gasteiger partial charge in [0.2, 0.25) is 0 Å². The maximum absolute atomic E-state index is 13.5. The number of nitrogens with zero attached hydrogens (tertiary/aromatic N) is 3. The van der Waals surface area contributed by atoms with Crippen LogP contribution in [0.5, 0.6) is 0 Å². The number of halogens is 2. The van der Waals surface area contributed by atoms with Crippen molar-refractivity contribution in [2.24, 2.45) is 0 Å². The van der Waals surface area contributed by atoms with Crippen LogP contribution in [0.1, 0.15) is 52.2 Å². The zero-order chi connectivity index (χ0) is 23.1. The number of pyridine rings is 1. The molecule has 3 rings (SSSR count). The first kappa shape index (κ1) is 26.9. The predicted octanol–water partition coefficient (Wildman–Crippen LogP) is 7.35. The molecule has 0 aliphatic carbocycles. The minimum atomic E-state index is -0.564. The van der Waals surface area contributed by atoms with E-state index in [1.54, 1.807) is 16.8 Å². The first-order valence-electron chi connectivity index (χ1n) is 9.91. The van der Waals surface area contributed by atoms with E-state index >= 15 is 0 Å².